The number of rotatable bonds is 5. The fourth-order valence-electron chi connectivity index (χ4n) is 1.15. The molecule has 0 aliphatic rings. The SMILES string of the molecule is CCN(CS)/C(C)=C\C(C)=NC[SiH3]. The molecule has 0 aromatic rings. The molecule has 0 aliphatic heterocycles. The molecule has 0 unspecified atom stereocenters. The van der Waals surface area contributed by atoms with E-state index in [4.69, 9.17) is 0 Å². The third-order valence-electron chi connectivity index (χ3n) is 1.88. The van der Waals surface area contributed by atoms with Crippen molar-refractivity contribution in [3.8, 4) is 0 Å². The maximum Gasteiger partial charge on any atom is 0.0606 e. The van der Waals surface area contributed by atoms with E-state index in [1.165, 1.54) is 5.70 Å². The third kappa shape index (κ3) is 5.16. The van der Waals surface area contributed by atoms with Crippen LogP contribution in [0.4, 0.5) is 0 Å². The summed E-state index contributed by atoms with van der Waals surface area (Å²) in [5, 5.41) is 0. The third-order valence-corrected chi connectivity index (χ3v) is 2.53. The molecule has 0 fully saturated rings. The summed E-state index contributed by atoms with van der Waals surface area (Å²) in [6, 6.07) is 0. The van der Waals surface area contributed by atoms with Gasteiger partial charge in [-0.3, -0.25) is 4.99 Å². The van der Waals surface area contributed by atoms with Gasteiger partial charge in [0, 0.05) is 34.4 Å². The molecule has 0 spiro atoms. The maximum atomic E-state index is 4.37. The minimum absolute atomic E-state index is 0.771. The van der Waals surface area contributed by atoms with Gasteiger partial charge in [-0.2, -0.15) is 12.6 Å². The lowest BCUT2D eigenvalue weighted by Crippen LogP contribution is -2.19. The lowest BCUT2D eigenvalue weighted by atomic mass is 10.3. The van der Waals surface area contributed by atoms with Gasteiger partial charge in [-0.1, -0.05) is 0 Å². The number of nitrogens with zero attached hydrogens (tertiary/aromatic N) is 2. The minimum Gasteiger partial charge on any atom is -0.366 e. The average molecular weight is 216 g/mol. The van der Waals surface area contributed by atoms with Crippen LogP contribution in [-0.4, -0.2) is 39.4 Å². The van der Waals surface area contributed by atoms with Crippen LogP contribution in [-0.2, 0) is 0 Å². The molecule has 76 valence electrons. The fraction of sp³-hybridized carbons (Fsp3) is 0.667. The van der Waals surface area contributed by atoms with Crippen LogP contribution in [0.1, 0.15) is 20.8 Å². The molecule has 0 aromatic heterocycles. The topological polar surface area (TPSA) is 15.6 Å². The Labute approximate surface area is 90.0 Å². The summed E-state index contributed by atoms with van der Waals surface area (Å²) in [7, 11) is 1.14. The van der Waals surface area contributed by atoms with Crippen molar-refractivity contribution in [2.24, 2.45) is 4.99 Å². The smallest absolute Gasteiger partial charge is 0.0606 e. The Bertz CT molecular complexity index is 198. The largest absolute Gasteiger partial charge is 0.366 e. The number of allylic oxidation sites excluding steroid dienone is 2. The highest BCUT2D eigenvalue weighted by Gasteiger charge is 1.99. The zero-order valence-electron chi connectivity index (χ0n) is 9.04. The first-order chi connectivity index (χ1) is 6.15. The van der Waals surface area contributed by atoms with Crippen molar-refractivity contribution in [2.75, 3.05) is 18.6 Å². The van der Waals surface area contributed by atoms with Gasteiger partial charge < -0.3 is 4.90 Å². The van der Waals surface area contributed by atoms with Crippen molar-refractivity contribution in [3.63, 3.8) is 0 Å². The van der Waals surface area contributed by atoms with Gasteiger partial charge in [0.2, 0.25) is 0 Å². The van der Waals surface area contributed by atoms with E-state index >= 15 is 0 Å². The maximum absolute atomic E-state index is 4.37. The lowest BCUT2D eigenvalue weighted by Gasteiger charge is -2.20. The number of aliphatic imine (C=N–C) groups is 1. The average Bonchev–Trinajstić information content (AvgIpc) is 2.06. The van der Waals surface area contributed by atoms with Crippen molar-refractivity contribution < 1.29 is 0 Å². The monoisotopic (exact) mass is 216 g/mol. The Morgan fingerprint density at radius 1 is 1.54 bits per heavy atom. The van der Waals surface area contributed by atoms with Gasteiger partial charge in [0.15, 0.2) is 0 Å². The Kier molecular flexibility index (Phi) is 7.08. The zero-order chi connectivity index (χ0) is 10.3. The van der Waals surface area contributed by atoms with Gasteiger partial charge in [0.1, 0.15) is 0 Å². The second kappa shape index (κ2) is 7.21. The van der Waals surface area contributed by atoms with E-state index in [2.05, 4.69) is 42.4 Å². The van der Waals surface area contributed by atoms with Crippen LogP contribution >= 0.6 is 12.6 Å². The van der Waals surface area contributed by atoms with Crippen LogP contribution < -0.4 is 0 Å². The van der Waals surface area contributed by atoms with E-state index in [-0.39, 0.29) is 0 Å². The van der Waals surface area contributed by atoms with Crippen molar-refractivity contribution in [1.29, 1.82) is 0 Å². The molecular formula is C9H20N2SSi. The Morgan fingerprint density at radius 2 is 2.15 bits per heavy atom. The van der Waals surface area contributed by atoms with Crippen LogP contribution in [0.3, 0.4) is 0 Å². The molecule has 0 atom stereocenters. The van der Waals surface area contributed by atoms with E-state index in [0.29, 0.717) is 0 Å². The predicted octanol–water partition coefficient (Wildman–Crippen LogP) is 0.883. The highest BCUT2D eigenvalue weighted by atomic mass is 32.1. The molecule has 0 heterocycles. The summed E-state index contributed by atoms with van der Waals surface area (Å²) < 4.78 is 0. The van der Waals surface area contributed by atoms with Gasteiger partial charge in [0.25, 0.3) is 0 Å². The van der Waals surface area contributed by atoms with Crippen molar-refractivity contribution in [3.05, 3.63) is 11.8 Å². The summed E-state index contributed by atoms with van der Waals surface area (Å²) in [6.45, 7) is 7.28. The lowest BCUT2D eigenvalue weighted by molar-refractivity contribution is 0.428. The van der Waals surface area contributed by atoms with E-state index in [1.54, 1.807) is 0 Å². The molecule has 0 N–H and O–H groups in total. The number of thiol groups is 1. The molecule has 4 heteroatoms. The van der Waals surface area contributed by atoms with Gasteiger partial charge in [-0.15, -0.1) is 0 Å². The summed E-state index contributed by atoms with van der Waals surface area (Å²) >= 11 is 4.26. The van der Waals surface area contributed by atoms with Crippen molar-refractivity contribution in [2.45, 2.75) is 20.8 Å². The normalized spacial score (nSPS) is 13.5. The Balaban J connectivity index is 4.37. The highest BCUT2D eigenvalue weighted by Crippen LogP contribution is 2.04. The number of hydrogen-bond acceptors (Lipinski definition) is 3. The van der Waals surface area contributed by atoms with Crippen LogP contribution in [0.2, 0.25) is 0 Å². The molecule has 0 radical (unpaired) electrons. The van der Waals surface area contributed by atoms with Crippen LogP contribution in [0.15, 0.2) is 16.8 Å². The van der Waals surface area contributed by atoms with Gasteiger partial charge in [-0.05, 0) is 26.8 Å². The first-order valence-electron chi connectivity index (χ1n) is 4.70. The molecule has 13 heavy (non-hydrogen) atoms. The molecule has 0 saturated carbocycles. The van der Waals surface area contributed by atoms with E-state index in [9.17, 15) is 0 Å². The molecule has 2 nitrogen and oxygen atoms in total. The fourth-order valence-corrected chi connectivity index (χ4v) is 2.07. The van der Waals surface area contributed by atoms with E-state index in [1.807, 2.05) is 6.92 Å². The minimum atomic E-state index is 0.771. The second-order valence-corrected chi connectivity index (χ2v) is 3.81. The highest BCUT2D eigenvalue weighted by molar-refractivity contribution is 7.80. The molecular weight excluding hydrogens is 196 g/mol. The van der Waals surface area contributed by atoms with Crippen LogP contribution in [0.25, 0.3) is 0 Å². The molecule has 0 amide bonds. The summed E-state index contributed by atoms with van der Waals surface area (Å²) in [4.78, 5) is 6.57. The van der Waals surface area contributed by atoms with Crippen LogP contribution in [0, 0.1) is 0 Å². The summed E-state index contributed by atoms with van der Waals surface area (Å²) in [6.07, 6.45) is 3.11. The second-order valence-electron chi connectivity index (χ2n) is 2.90. The van der Waals surface area contributed by atoms with Gasteiger partial charge >= 0.3 is 0 Å². The molecule has 0 bridgehead atoms. The quantitative estimate of drug-likeness (QED) is 0.312. The molecule has 0 saturated heterocycles. The first-order valence-corrected chi connectivity index (χ1v) is 6.75. The molecule has 0 aliphatic carbocycles. The van der Waals surface area contributed by atoms with Gasteiger partial charge in [-0.25, -0.2) is 0 Å². The Hall–Kier alpha value is -0.223. The standard InChI is InChI=1S/C9H20N2SSi/c1-4-11(7-12)9(3)5-8(2)10-6-13/h5,12H,4,6-7H2,1-3,13H3/b9-5-,10-8?. The van der Waals surface area contributed by atoms with Crippen LogP contribution in [0.5, 0.6) is 0 Å². The predicted molar refractivity (Wildman–Crippen MR) is 67.9 cm³/mol. The summed E-state index contributed by atoms with van der Waals surface area (Å²) in [5.74, 6) is 0.771. The zero-order valence-corrected chi connectivity index (χ0v) is 11.9. The van der Waals surface area contributed by atoms with Crippen molar-refractivity contribution >= 4 is 28.6 Å². The van der Waals surface area contributed by atoms with Gasteiger partial charge in [0.05, 0.1) is 5.88 Å². The Morgan fingerprint density at radius 3 is 2.54 bits per heavy atom. The summed E-state index contributed by atoms with van der Waals surface area (Å²) in [5.41, 5.74) is 2.36. The molecule has 0 rings (SSSR count). The number of hydrogen-bond donors (Lipinski definition) is 1. The van der Waals surface area contributed by atoms with Crippen molar-refractivity contribution in [1.82, 2.24) is 4.90 Å². The van der Waals surface area contributed by atoms with E-state index in [0.717, 1.165) is 34.5 Å². The van der Waals surface area contributed by atoms with E-state index < -0.39 is 0 Å². The first kappa shape index (κ1) is 12.8. The molecule has 0 aromatic carbocycles.